The molecule has 0 radical (unpaired) electrons. The van der Waals surface area contributed by atoms with E-state index >= 15 is 0 Å². The van der Waals surface area contributed by atoms with E-state index in [4.69, 9.17) is 10.3 Å². The topological polar surface area (TPSA) is 64.9 Å². The highest BCUT2D eigenvalue weighted by molar-refractivity contribution is 5.59. The molecule has 1 aromatic heterocycles. The Kier molecular flexibility index (Phi) is 3.33. The van der Waals surface area contributed by atoms with E-state index in [1.165, 1.54) is 18.2 Å². The van der Waals surface area contributed by atoms with E-state index < -0.39 is 12.6 Å². The summed E-state index contributed by atoms with van der Waals surface area (Å²) in [4.78, 5) is 3.92. The van der Waals surface area contributed by atoms with Crippen LogP contribution in [-0.2, 0) is 13.0 Å². The Morgan fingerprint density at radius 3 is 2.56 bits per heavy atom. The Labute approximate surface area is 101 Å². The highest BCUT2D eigenvalue weighted by Crippen LogP contribution is 2.27. The molecule has 7 heteroatoms. The lowest BCUT2D eigenvalue weighted by Crippen LogP contribution is -2.12. The summed E-state index contributed by atoms with van der Waals surface area (Å²) in [5.41, 5.74) is 5.71. The van der Waals surface area contributed by atoms with Crippen molar-refractivity contribution in [1.29, 1.82) is 0 Å². The van der Waals surface area contributed by atoms with Crippen LogP contribution in [0.3, 0.4) is 0 Å². The predicted octanol–water partition coefficient (Wildman–Crippen LogP) is 2.30. The normalized spacial score (nSPS) is 11.8. The van der Waals surface area contributed by atoms with Crippen molar-refractivity contribution in [2.45, 2.75) is 19.1 Å². The molecule has 4 nitrogen and oxygen atoms in total. The Morgan fingerprint density at radius 1 is 1.22 bits per heavy atom. The van der Waals surface area contributed by atoms with Crippen LogP contribution in [0, 0.1) is 0 Å². The molecule has 0 bridgehead atoms. The van der Waals surface area contributed by atoms with Crippen LogP contribution in [0.25, 0.3) is 11.4 Å². The van der Waals surface area contributed by atoms with Gasteiger partial charge < -0.3 is 10.3 Å². The van der Waals surface area contributed by atoms with Crippen molar-refractivity contribution in [1.82, 2.24) is 10.1 Å². The van der Waals surface area contributed by atoms with E-state index in [9.17, 15) is 13.2 Å². The number of halogens is 3. The first kappa shape index (κ1) is 12.6. The van der Waals surface area contributed by atoms with E-state index in [1.807, 2.05) is 0 Å². The van der Waals surface area contributed by atoms with Gasteiger partial charge in [-0.25, -0.2) is 0 Å². The highest BCUT2D eigenvalue weighted by atomic mass is 19.4. The minimum absolute atomic E-state index is 0.0500. The van der Waals surface area contributed by atoms with E-state index in [0.29, 0.717) is 5.56 Å². The van der Waals surface area contributed by atoms with E-state index in [1.54, 1.807) is 6.07 Å². The van der Waals surface area contributed by atoms with Crippen LogP contribution in [-0.4, -0.2) is 16.3 Å². The third-order valence-electron chi connectivity index (χ3n) is 2.29. The molecule has 96 valence electrons. The van der Waals surface area contributed by atoms with Crippen LogP contribution >= 0.6 is 0 Å². The monoisotopic (exact) mass is 257 g/mol. The van der Waals surface area contributed by atoms with Crippen LogP contribution in [0.5, 0.6) is 0 Å². The number of benzene rings is 1. The van der Waals surface area contributed by atoms with E-state index in [-0.39, 0.29) is 23.8 Å². The lowest BCUT2D eigenvalue weighted by Gasteiger charge is -2.09. The molecule has 1 heterocycles. The summed E-state index contributed by atoms with van der Waals surface area (Å²) in [6, 6.07) is 6.07. The zero-order chi connectivity index (χ0) is 13.2. The molecule has 0 amide bonds. The standard InChI is InChI=1S/C11H10F3N3O/c12-11(13,14)5-7-3-1-2-4-8(7)10-16-9(6-15)18-17-10/h1-4H,5-6,15H2. The highest BCUT2D eigenvalue weighted by Gasteiger charge is 2.29. The lowest BCUT2D eigenvalue weighted by molar-refractivity contribution is -0.127. The molecule has 2 N–H and O–H groups in total. The zero-order valence-corrected chi connectivity index (χ0v) is 9.24. The summed E-state index contributed by atoms with van der Waals surface area (Å²) in [7, 11) is 0. The first-order chi connectivity index (χ1) is 8.49. The third-order valence-corrected chi connectivity index (χ3v) is 2.29. The SMILES string of the molecule is NCc1nc(-c2ccccc2CC(F)(F)F)no1. The van der Waals surface area contributed by atoms with Crippen molar-refractivity contribution < 1.29 is 17.7 Å². The van der Waals surface area contributed by atoms with Crippen LogP contribution < -0.4 is 5.73 Å². The second kappa shape index (κ2) is 4.77. The number of aromatic nitrogens is 2. The van der Waals surface area contributed by atoms with E-state index in [2.05, 4.69) is 10.1 Å². The molecule has 0 unspecified atom stereocenters. The van der Waals surface area contributed by atoms with Gasteiger partial charge in [0, 0.05) is 5.56 Å². The predicted molar refractivity (Wildman–Crippen MR) is 57.4 cm³/mol. The van der Waals surface area contributed by atoms with Gasteiger partial charge in [-0.2, -0.15) is 18.2 Å². The summed E-state index contributed by atoms with van der Waals surface area (Å²) in [6.45, 7) is 0.0500. The van der Waals surface area contributed by atoms with Crippen LogP contribution in [0.1, 0.15) is 11.5 Å². The molecule has 0 fully saturated rings. The first-order valence-corrected chi connectivity index (χ1v) is 5.17. The number of nitrogens with two attached hydrogens (primary N) is 1. The maximum Gasteiger partial charge on any atom is 0.393 e. The molecule has 2 aromatic rings. The Bertz CT molecular complexity index is 536. The van der Waals surface area contributed by atoms with Crippen molar-refractivity contribution >= 4 is 0 Å². The third kappa shape index (κ3) is 2.86. The number of alkyl halides is 3. The summed E-state index contributed by atoms with van der Waals surface area (Å²) in [6.07, 6.45) is -5.31. The van der Waals surface area contributed by atoms with Gasteiger partial charge in [-0.05, 0) is 5.56 Å². The van der Waals surface area contributed by atoms with Gasteiger partial charge in [-0.1, -0.05) is 29.4 Å². The summed E-state index contributed by atoms with van der Waals surface area (Å²) < 4.78 is 42.1. The average molecular weight is 257 g/mol. The van der Waals surface area contributed by atoms with Crippen LogP contribution in [0.2, 0.25) is 0 Å². The fraction of sp³-hybridized carbons (Fsp3) is 0.273. The molecule has 18 heavy (non-hydrogen) atoms. The van der Waals surface area contributed by atoms with Crippen LogP contribution in [0.4, 0.5) is 13.2 Å². The van der Waals surface area contributed by atoms with Crippen molar-refractivity contribution in [2.24, 2.45) is 5.73 Å². The Balaban J connectivity index is 2.38. The van der Waals surface area contributed by atoms with Gasteiger partial charge in [0.15, 0.2) is 0 Å². The van der Waals surface area contributed by atoms with Gasteiger partial charge in [0.2, 0.25) is 11.7 Å². The molecular formula is C11H10F3N3O. The van der Waals surface area contributed by atoms with Gasteiger partial charge >= 0.3 is 6.18 Å². The number of rotatable bonds is 3. The number of nitrogens with zero attached hydrogens (tertiary/aromatic N) is 2. The second-order valence-corrected chi connectivity index (χ2v) is 3.66. The smallest absolute Gasteiger partial charge is 0.338 e. The molecule has 0 saturated carbocycles. The molecule has 0 aliphatic carbocycles. The van der Waals surface area contributed by atoms with Crippen LogP contribution in [0.15, 0.2) is 28.8 Å². The molecular weight excluding hydrogens is 247 g/mol. The van der Waals surface area contributed by atoms with Gasteiger partial charge in [0.05, 0.1) is 13.0 Å². The van der Waals surface area contributed by atoms with Gasteiger partial charge in [0.1, 0.15) is 0 Å². The molecule has 2 rings (SSSR count). The van der Waals surface area contributed by atoms with Crippen molar-refractivity contribution in [3.05, 3.63) is 35.7 Å². The largest absolute Gasteiger partial charge is 0.393 e. The minimum atomic E-state index is -4.28. The fourth-order valence-electron chi connectivity index (χ4n) is 1.56. The van der Waals surface area contributed by atoms with Gasteiger partial charge in [-0.3, -0.25) is 0 Å². The zero-order valence-electron chi connectivity index (χ0n) is 9.24. The summed E-state index contributed by atoms with van der Waals surface area (Å²) in [5.74, 6) is 0.308. The molecule has 1 aromatic carbocycles. The van der Waals surface area contributed by atoms with Crippen molar-refractivity contribution in [3.8, 4) is 11.4 Å². The van der Waals surface area contributed by atoms with Crippen molar-refractivity contribution in [2.75, 3.05) is 0 Å². The minimum Gasteiger partial charge on any atom is -0.338 e. The number of hydrogen-bond acceptors (Lipinski definition) is 4. The molecule has 0 atom stereocenters. The Hall–Kier alpha value is -1.89. The first-order valence-electron chi connectivity index (χ1n) is 5.17. The van der Waals surface area contributed by atoms with Crippen molar-refractivity contribution in [3.63, 3.8) is 0 Å². The second-order valence-electron chi connectivity index (χ2n) is 3.66. The summed E-state index contributed by atoms with van der Waals surface area (Å²) in [5, 5.41) is 3.61. The quantitative estimate of drug-likeness (QED) is 0.916. The Morgan fingerprint density at radius 2 is 1.94 bits per heavy atom. The summed E-state index contributed by atoms with van der Waals surface area (Å²) >= 11 is 0. The van der Waals surface area contributed by atoms with Gasteiger partial charge in [-0.15, -0.1) is 0 Å². The van der Waals surface area contributed by atoms with Gasteiger partial charge in [0.25, 0.3) is 0 Å². The molecule has 0 saturated heterocycles. The fourth-order valence-corrected chi connectivity index (χ4v) is 1.56. The maximum absolute atomic E-state index is 12.4. The molecule has 0 spiro atoms. The lowest BCUT2D eigenvalue weighted by atomic mass is 10.0. The average Bonchev–Trinajstić information content (AvgIpc) is 2.76. The number of hydrogen-bond donors (Lipinski definition) is 1. The van der Waals surface area contributed by atoms with E-state index in [0.717, 1.165) is 0 Å². The molecule has 0 aliphatic rings. The molecule has 0 aliphatic heterocycles. The maximum atomic E-state index is 12.4.